The van der Waals surface area contributed by atoms with Crippen LogP contribution in [0.3, 0.4) is 0 Å². The predicted octanol–water partition coefficient (Wildman–Crippen LogP) is 2.22. The Bertz CT molecular complexity index is 580. The topological polar surface area (TPSA) is 75.4 Å². The smallest absolute Gasteiger partial charge is 0.251 e. The minimum absolute atomic E-state index is 0.0961. The van der Waals surface area contributed by atoms with Crippen LogP contribution in [0, 0.1) is 10.5 Å². The molecule has 18 heavy (non-hydrogen) atoms. The van der Waals surface area contributed by atoms with Gasteiger partial charge in [-0.15, -0.1) is 0 Å². The molecule has 2 N–H and O–H groups in total. The van der Waals surface area contributed by atoms with Crippen LogP contribution in [-0.4, -0.2) is 16.2 Å². The Hall–Kier alpha value is -1.57. The van der Waals surface area contributed by atoms with Gasteiger partial charge in [0.1, 0.15) is 5.75 Å². The van der Waals surface area contributed by atoms with Crippen molar-refractivity contribution in [3.8, 4) is 5.75 Å². The molecule has 2 rings (SSSR count). The van der Waals surface area contributed by atoms with Crippen LogP contribution < -0.4 is 5.32 Å². The molecule has 0 bridgehead atoms. The van der Waals surface area contributed by atoms with E-state index in [2.05, 4.69) is 10.5 Å². The predicted molar refractivity (Wildman–Crippen MR) is 73.2 cm³/mol. The van der Waals surface area contributed by atoms with Gasteiger partial charge in [-0.3, -0.25) is 4.79 Å². The van der Waals surface area contributed by atoms with E-state index in [9.17, 15) is 9.90 Å². The normalized spacial score (nSPS) is 10.3. The highest BCUT2D eigenvalue weighted by Gasteiger charge is 2.09. The number of halogens is 1. The number of phenolic OH excluding ortho intramolecular Hbond substituents is 1. The molecular formula is C12H11IN2O3. The Morgan fingerprint density at radius 2 is 2.28 bits per heavy atom. The minimum atomic E-state index is -0.268. The van der Waals surface area contributed by atoms with Crippen LogP contribution in [-0.2, 0) is 6.54 Å². The molecule has 0 saturated carbocycles. The average Bonchev–Trinajstić information content (AvgIpc) is 2.75. The average molecular weight is 358 g/mol. The zero-order valence-electron chi connectivity index (χ0n) is 9.61. The zero-order valence-corrected chi connectivity index (χ0v) is 11.8. The van der Waals surface area contributed by atoms with E-state index in [1.807, 2.05) is 29.5 Å². The molecule has 0 aliphatic carbocycles. The zero-order chi connectivity index (χ0) is 13.1. The second kappa shape index (κ2) is 5.38. The van der Waals surface area contributed by atoms with Crippen LogP contribution in [0.1, 0.15) is 21.8 Å². The van der Waals surface area contributed by atoms with Crippen molar-refractivity contribution in [1.29, 1.82) is 0 Å². The number of rotatable bonds is 3. The number of benzene rings is 1. The number of aromatic nitrogens is 1. The molecule has 0 saturated heterocycles. The fourth-order valence-corrected chi connectivity index (χ4v) is 1.76. The van der Waals surface area contributed by atoms with Crippen molar-refractivity contribution >= 4 is 28.5 Å². The first-order valence-corrected chi connectivity index (χ1v) is 6.33. The summed E-state index contributed by atoms with van der Waals surface area (Å²) in [7, 11) is 0. The van der Waals surface area contributed by atoms with E-state index in [1.165, 1.54) is 6.07 Å². The molecule has 0 atom stereocenters. The first-order valence-electron chi connectivity index (χ1n) is 5.25. The number of aromatic hydroxyl groups is 1. The van der Waals surface area contributed by atoms with Crippen molar-refractivity contribution in [2.75, 3.05) is 0 Å². The molecule has 0 spiro atoms. The summed E-state index contributed by atoms with van der Waals surface area (Å²) in [5.41, 5.74) is 1.18. The number of carbonyl (C=O) groups excluding carboxylic acids is 1. The summed E-state index contributed by atoms with van der Waals surface area (Å²) in [4.78, 5) is 11.8. The Balaban J connectivity index is 2.01. The van der Waals surface area contributed by atoms with Gasteiger partial charge in [0.05, 0.1) is 15.8 Å². The Kier molecular flexibility index (Phi) is 3.85. The maximum Gasteiger partial charge on any atom is 0.251 e. The highest BCUT2D eigenvalue weighted by Crippen LogP contribution is 2.20. The monoisotopic (exact) mass is 358 g/mol. The molecule has 1 amide bonds. The van der Waals surface area contributed by atoms with Gasteiger partial charge in [0.2, 0.25) is 0 Å². The van der Waals surface area contributed by atoms with E-state index in [-0.39, 0.29) is 18.2 Å². The lowest BCUT2D eigenvalue weighted by Gasteiger charge is -2.04. The van der Waals surface area contributed by atoms with Crippen molar-refractivity contribution < 1.29 is 14.4 Å². The highest BCUT2D eigenvalue weighted by molar-refractivity contribution is 14.1. The molecule has 2 aromatic rings. The standard InChI is InChI=1S/C12H11IN2O3/c1-7-4-9(18-15-7)6-14-12(17)8-2-3-10(13)11(16)5-8/h2-5,16H,6H2,1H3,(H,14,17). The summed E-state index contributed by atoms with van der Waals surface area (Å²) in [6.07, 6.45) is 0. The molecule has 1 heterocycles. The van der Waals surface area contributed by atoms with E-state index < -0.39 is 0 Å². The second-order valence-corrected chi connectivity index (χ2v) is 4.95. The summed E-state index contributed by atoms with van der Waals surface area (Å²) in [5, 5.41) is 15.9. The summed E-state index contributed by atoms with van der Waals surface area (Å²) in [6, 6.07) is 6.53. The van der Waals surface area contributed by atoms with Crippen LogP contribution in [0.25, 0.3) is 0 Å². The van der Waals surface area contributed by atoms with Gasteiger partial charge < -0.3 is 14.9 Å². The van der Waals surface area contributed by atoms with Crippen molar-refractivity contribution in [1.82, 2.24) is 10.5 Å². The number of amides is 1. The Labute approximate surface area is 117 Å². The third kappa shape index (κ3) is 3.00. The van der Waals surface area contributed by atoms with Crippen molar-refractivity contribution in [2.24, 2.45) is 0 Å². The van der Waals surface area contributed by atoms with Crippen LogP contribution in [0.4, 0.5) is 0 Å². The summed E-state index contributed by atoms with van der Waals surface area (Å²) >= 11 is 1.99. The third-order valence-corrected chi connectivity index (χ3v) is 3.22. The Morgan fingerprint density at radius 3 is 2.89 bits per heavy atom. The molecule has 1 aromatic heterocycles. The fourth-order valence-electron chi connectivity index (χ4n) is 1.42. The molecule has 5 nitrogen and oxygen atoms in total. The number of aryl methyl sites for hydroxylation is 1. The van der Waals surface area contributed by atoms with Gasteiger partial charge >= 0.3 is 0 Å². The lowest BCUT2D eigenvalue weighted by molar-refractivity contribution is 0.0946. The van der Waals surface area contributed by atoms with Gasteiger partial charge in [0.15, 0.2) is 5.76 Å². The van der Waals surface area contributed by atoms with Crippen LogP contribution in [0.2, 0.25) is 0 Å². The first-order chi connectivity index (χ1) is 8.56. The number of phenols is 1. The van der Waals surface area contributed by atoms with E-state index in [1.54, 1.807) is 18.2 Å². The van der Waals surface area contributed by atoms with Crippen LogP contribution >= 0.6 is 22.6 Å². The summed E-state index contributed by atoms with van der Waals surface area (Å²) in [5.74, 6) is 0.421. The van der Waals surface area contributed by atoms with E-state index in [0.717, 1.165) is 5.69 Å². The van der Waals surface area contributed by atoms with Crippen LogP contribution in [0.5, 0.6) is 5.75 Å². The van der Waals surface area contributed by atoms with E-state index in [4.69, 9.17) is 4.52 Å². The fraction of sp³-hybridized carbons (Fsp3) is 0.167. The lowest BCUT2D eigenvalue weighted by Crippen LogP contribution is -2.22. The lowest BCUT2D eigenvalue weighted by atomic mass is 10.2. The van der Waals surface area contributed by atoms with Gasteiger partial charge in [-0.05, 0) is 47.7 Å². The SMILES string of the molecule is Cc1cc(CNC(=O)c2ccc(I)c(O)c2)on1. The maximum absolute atomic E-state index is 11.8. The molecule has 0 fully saturated rings. The molecule has 0 aliphatic heterocycles. The van der Waals surface area contributed by atoms with Gasteiger partial charge in [-0.1, -0.05) is 5.16 Å². The summed E-state index contributed by atoms with van der Waals surface area (Å²) < 4.78 is 5.68. The maximum atomic E-state index is 11.8. The quantitative estimate of drug-likeness (QED) is 0.826. The molecule has 0 aliphatic rings. The molecule has 94 valence electrons. The van der Waals surface area contributed by atoms with Crippen molar-refractivity contribution in [3.63, 3.8) is 0 Å². The first kappa shape index (κ1) is 12.9. The second-order valence-electron chi connectivity index (χ2n) is 3.78. The van der Waals surface area contributed by atoms with Crippen LogP contribution in [0.15, 0.2) is 28.8 Å². The van der Waals surface area contributed by atoms with Gasteiger partial charge in [-0.25, -0.2) is 0 Å². The molecule has 6 heteroatoms. The largest absolute Gasteiger partial charge is 0.507 e. The molecule has 0 unspecified atom stereocenters. The third-order valence-electron chi connectivity index (χ3n) is 2.31. The summed E-state index contributed by atoms with van der Waals surface area (Å²) in [6.45, 7) is 2.08. The highest BCUT2D eigenvalue weighted by atomic mass is 127. The number of nitrogens with zero attached hydrogens (tertiary/aromatic N) is 1. The number of hydrogen-bond acceptors (Lipinski definition) is 4. The molecule has 0 radical (unpaired) electrons. The molecule has 1 aromatic carbocycles. The van der Waals surface area contributed by atoms with Gasteiger partial charge in [0, 0.05) is 11.6 Å². The number of nitrogens with one attached hydrogen (secondary N) is 1. The van der Waals surface area contributed by atoms with E-state index in [0.29, 0.717) is 14.9 Å². The molecular weight excluding hydrogens is 347 g/mol. The van der Waals surface area contributed by atoms with E-state index >= 15 is 0 Å². The van der Waals surface area contributed by atoms with Gasteiger partial charge in [-0.2, -0.15) is 0 Å². The van der Waals surface area contributed by atoms with Gasteiger partial charge in [0.25, 0.3) is 5.91 Å². The van der Waals surface area contributed by atoms with Crippen molar-refractivity contribution in [3.05, 3.63) is 44.9 Å². The number of carbonyl (C=O) groups is 1. The minimum Gasteiger partial charge on any atom is -0.507 e. The Morgan fingerprint density at radius 1 is 1.50 bits per heavy atom. The number of hydrogen-bond donors (Lipinski definition) is 2. The van der Waals surface area contributed by atoms with Crippen molar-refractivity contribution in [2.45, 2.75) is 13.5 Å².